The van der Waals surface area contributed by atoms with Crippen LogP contribution in [0, 0.1) is 22.5 Å². The number of sulfonamides is 1. The van der Waals surface area contributed by atoms with Gasteiger partial charge >= 0.3 is 0 Å². The normalized spacial score (nSPS) is 21.3. The van der Waals surface area contributed by atoms with Crippen molar-refractivity contribution < 1.29 is 21.9 Å². The fourth-order valence-corrected chi connectivity index (χ4v) is 5.42. The number of hydrogen-bond acceptors (Lipinski definition) is 3. The summed E-state index contributed by atoms with van der Waals surface area (Å²) in [5, 5.41) is 0. The first-order valence-corrected chi connectivity index (χ1v) is 9.35. The fraction of sp³-hybridized carbons (Fsp3) is 0.647. The van der Waals surface area contributed by atoms with E-state index in [2.05, 4.69) is 13.8 Å². The predicted molar refractivity (Wildman–Crippen MR) is 88.5 cm³/mol. The maximum Gasteiger partial charge on any atom is 0.246 e. The minimum absolute atomic E-state index is 0.00586. The van der Waals surface area contributed by atoms with Crippen LogP contribution in [0.5, 0.6) is 5.75 Å². The molecule has 136 valence electrons. The maximum absolute atomic E-state index is 13.6. The zero-order chi connectivity index (χ0) is 18.3. The van der Waals surface area contributed by atoms with Gasteiger partial charge < -0.3 is 4.74 Å². The van der Waals surface area contributed by atoms with E-state index in [-0.39, 0.29) is 21.5 Å². The van der Waals surface area contributed by atoms with Crippen molar-refractivity contribution in [3.05, 3.63) is 23.8 Å². The van der Waals surface area contributed by atoms with Crippen LogP contribution < -0.4 is 4.74 Å². The standard InChI is InChI=1S/C17H25F2NO3S/c1-16(2)6-7-20(11-17(3,4)10-16)24(21,22)15-9-13(19)12(18)8-14(15)23-5/h8-9H,6-7,10-11H2,1-5H3. The van der Waals surface area contributed by atoms with Gasteiger partial charge in [0.2, 0.25) is 10.0 Å². The highest BCUT2D eigenvalue weighted by molar-refractivity contribution is 7.89. The largest absolute Gasteiger partial charge is 0.495 e. The highest BCUT2D eigenvalue weighted by atomic mass is 32.2. The summed E-state index contributed by atoms with van der Waals surface area (Å²) in [4.78, 5) is -0.334. The predicted octanol–water partition coefficient (Wildman–Crippen LogP) is 3.81. The molecule has 0 bridgehead atoms. The van der Waals surface area contributed by atoms with E-state index in [0.29, 0.717) is 25.6 Å². The van der Waals surface area contributed by atoms with E-state index < -0.39 is 21.7 Å². The van der Waals surface area contributed by atoms with Gasteiger partial charge in [0.05, 0.1) is 7.11 Å². The van der Waals surface area contributed by atoms with Crippen LogP contribution in [-0.4, -0.2) is 32.9 Å². The van der Waals surface area contributed by atoms with Crippen molar-refractivity contribution in [2.45, 2.75) is 45.4 Å². The zero-order valence-corrected chi connectivity index (χ0v) is 15.6. The minimum Gasteiger partial charge on any atom is -0.495 e. The van der Waals surface area contributed by atoms with Crippen LogP contribution in [0.1, 0.15) is 40.5 Å². The number of hydrogen-bond donors (Lipinski definition) is 0. The van der Waals surface area contributed by atoms with Gasteiger partial charge in [0.15, 0.2) is 11.6 Å². The van der Waals surface area contributed by atoms with Gasteiger partial charge in [-0.05, 0) is 23.7 Å². The summed E-state index contributed by atoms with van der Waals surface area (Å²) in [6.07, 6.45) is 1.57. The molecule has 2 rings (SSSR count). The molecule has 1 aliphatic rings. The molecule has 0 radical (unpaired) electrons. The van der Waals surface area contributed by atoms with E-state index in [9.17, 15) is 17.2 Å². The smallest absolute Gasteiger partial charge is 0.246 e. The summed E-state index contributed by atoms with van der Waals surface area (Å²) < 4.78 is 59.4. The summed E-state index contributed by atoms with van der Waals surface area (Å²) in [7, 11) is -2.75. The lowest BCUT2D eigenvalue weighted by Gasteiger charge is -2.32. The number of nitrogens with zero attached hydrogens (tertiary/aromatic N) is 1. The van der Waals surface area contributed by atoms with Crippen LogP contribution in [0.3, 0.4) is 0 Å². The molecule has 0 spiro atoms. The van der Waals surface area contributed by atoms with Crippen LogP contribution in [-0.2, 0) is 10.0 Å². The lowest BCUT2D eigenvalue weighted by molar-refractivity contribution is 0.205. The van der Waals surface area contributed by atoms with Crippen molar-refractivity contribution in [1.29, 1.82) is 0 Å². The Labute approximate surface area is 142 Å². The average molecular weight is 361 g/mol. The first kappa shape index (κ1) is 19.1. The van der Waals surface area contributed by atoms with Crippen molar-refractivity contribution in [3.63, 3.8) is 0 Å². The summed E-state index contributed by atoms with van der Waals surface area (Å²) >= 11 is 0. The van der Waals surface area contributed by atoms with Gasteiger partial charge in [-0.2, -0.15) is 4.31 Å². The summed E-state index contributed by atoms with van der Waals surface area (Å²) in [6, 6.07) is 1.47. The summed E-state index contributed by atoms with van der Waals surface area (Å²) in [5.74, 6) is -2.53. The molecule has 0 atom stereocenters. The Morgan fingerprint density at radius 1 is 1.08 bits per heavy atom. The second-order valence-corrected chi connectivity index (χ2v) is 9.92. The van der Waals surface area contributed by atoms with Crippen molar-refractivity contribution in [2.24, 2.45) is 10.8 Å². The maximum atomic E-state index is 13.6. The monoisotopic (exact) mass is 361 g/mol. The van der Waals surface area contributed by atoms with Crippen LogP contribution in [0.15, 0.2) is 17.0 Å². The molecule has 24 heavy (non-hydrogen) atoms. The van der Waals surface area contributed by atoms with Crippen molar-refractivity contribution >= 4 is 10.0 Å². The van der Waals surface area contributed by atoms with Crippen LogP contribution in [0.25, 0.3) is 0 Å². The fourth-order valence-electron chi connectivity index (χ4n) is 3.64. The third-order valence-electron chi connectivity index (χ3n) is 4.42. The van der Waals surface area contributed by atoms with E-state index in [1.165, 1.54) is 11.4 Å². The SMILES string of the molecule is COc1cc(F)c(F)cc1S(=O)(=O)N1CCC(C)(C)CC(C)(C)C1. The molecule has 0 aromatic heterocycles. The number of benzene rings is 1. The van der Waals surface area contributed by atoms with Crippen molar-refractivity contribution in [3.8, 4) is 5.75 Å². The quantitative estimate of drug-likeness (QED) is 0.822. The number of halogens is 2. The van der Waals surface area contributed by atoms with Gasteiger partial charge in [-0.3, -0.25) is 0 Å². The molecule has 4 nitrogen and oxygen atoms in total. The highest BCUT2D eigenvalue weighted by Crippen LogP contribution is 2.41. The van der Waals surface area contributed by atoms with E-state index in [1.54, 1.807) is 0 Å². The molecule has 1 aromatic rings. The van der Waals surface area contributed by atoms with E-state index in [1.807, 2.05) is 13.8 Å². The molecule has 0 amide bonds. The number of methoxy groups -OCH3 is 1. The first-order valence-electron chi connectivity index (χ1n) is 7.91. The molecule has 0 aliphatic carbocycles. The molecule has 1 fully saturated rings. The molecule has 1 saturated heterocycles. The van der Waals surface area contributed by atoms with Gasteiger partial charge in [-0.15, -0.1) is 0 Å². The average Bonchev–Trinajstić information content (AvgIpc) is 2.55. The topological polar surface area (TPSA) is 46.6 Å². The Bertz CT molecular complexity index is 730. The molecular formula is C17H25F2NO3S. The van der Waals surface area contributed by atoms with Gasteiger partial charge in [0, 0.05) is 25.2 Å². The number of ether oxygens (including phenoxy) is 1. The highest BCUT2D eigenvalue weighted by Gasteiger charge is 2.39. The first-order chi connectivity index (χ1) is 10.9. The van der Waals surface area contributed by atoms with E-state index >= 15 is 0 Å². The molecule has 1 aliphatic heterocycles. The third-order valence-corrected chi connectivity index (χ3v) is 6.29. The Morgan fingerprint density at radius 3 is 2.25 bits per heavy atom. The zero-order valence-electron chi connectivity index (χ0n) is 14.8. The molecular weight excluding hydrogens is 336 g/mol. The van der Waals surface area contributed by atoms with Crippen molar-refractivity contribution in [2.75, 3.05) is 20.2 Å². The van der Waals surface area contributed by atoms with Gasteiger partial charge in [0.1, 0.15) is 10.6 Å². The van der Waals surface area contributed by atoms with E-state index in [4.69, 9.17) is 4.74 Å². The Balaban J connectivity index is 2.49. The molecule has 1 aromatic carbocycles. The Hall–Kier alpha value is -1.21. The second kappa shape index (κ2) is 6.26. The Kier molecular flexibility index (Phi) is 4.99. The summed E-state index contributed by atoms with van der Waals surface area (Å²) in [6.45, 7) is 8.92. The van der Waals surface area contributed by atoms with Gasteiger partial charge in [-0.25, -0.2) is 17.2 Å². The summed E-state index contributed by atoms with van der Waals surface area (Å²) in [5.41, 5.74) is -0.217. The molecule has 0 saturated carbocycles. The van der Waals surface area contributed by atoms with E-state index in [0.717, 1.165) is 12.5 Å². The lowest BCUT2D eigenvalue weighted by Crippen LogP contribution is -2.37. The molecule has 0 unspecified atom stereocenters. The lowest BCUT2D eigenvalue weighted by atomic mass is 9.75. The molecule has 1 heterocycles. The number of rotatable bonds is 3. The van der Waals surface area contributed by atoms with Crippen molar-refractivity contribution in [1.82, 2.24) is 4.31 Å². The minimum atomic E-state index is -3.99. The van der Waals surface area contributed by atoms with Gasteiger partial charge in [0.25, 0.3) is 0 Å². The third kappa shape index (κ3) is 3.88. The second-order valence-electron chi connectivity index (χ2n) is 8.01. The molecule has 7 heteroatoms. The van der Waals surface area contributed by atoms with Crippen LogP contribution in [0.4, 0.5) is 8.78 Å². The Morgan fingerprint density at radius 2 is 1.67 bits per heavy atom. The molecule has 0 N–H and O–H groups in total. The van der Waals surface area contributed by atoms with Gasteiger partial charge in [-0.1, -0.05) is 27.7 Å². The van der Waals surface area contributed by atoms with Crippen LogP contribution in [0.2, 0.25) is 0 Å². The van der Waals surface area contributed by atoms with Crippen LogP contribution >= 0.6 is 0 Å².